The van der Waals surface area contributed by atoms with E-state index >= 15 is 0 Å². The van der Waals surface area contributed by atoms with Crippen molar-refractivity contribution in [2.24, 2.45) is 0 Å². The minimum Gasteiger partial charge on any atom is -0.456 e. The molecule has 11 aromatic carbocycles. The van der Waals surface area contributed by atoms with Crippen LogP contribution in [0, 0.1) is 0 Å². The number of para-hydroxylation sites is 5. The molecule has 0 aliphatic heterocycles. The van der Waals surface area contributed by atoms with Crippen molar-refractivity contribution in [3.05, 3.63) is 249 Å². The first kappa shape index (κ1) is 42.5. The molecule has 0 saturated carbocycles. The average Bonchev–Trinajstić information content (AvgIpc) is 4.27. The minimum atomic E-state index is 0.592. The summed E-state index contributed by atoms with van der Waals surface area (Å²) in [5.74, 6) is 1.80. The predicted octanol–water partition coefficient (Wildman–Crippen LogP) is 18.7. The summed E-state index contributed by atoms with van der Waals surface area (Å²) >= 11 is 1.80. The van der Waals surface area contributed by atoms with Gasteiger partial charge in [-0.1, -0.05) is 152 Å². The zero-order chi connectivity index (χ0) is 49.8. The van der Waals surface area contributed by atoms with Gasteiger partial charge in [0.15, 0.2) is 17.5 Å². The molecule has 16 aromatic rings. The van der Waals surface area contributed by atoms with E-state index in [0.717, 1.165) is 88.7 Å². The van der Waals surface area contributed by atoms with E-state index < -0.39 is 0 Å². The molecule has 76 heavy (non-hydrogen) atoms. The van der Waals surface area contributed by atoms with Crippen LogP contribution in [0.25, 0.3) is 154 Å². The molecule has 0 N–H and O–H groups in total. The second kappa shape index (κ2) is 16.8. The molecule has 6 nitrogen and oxygen atoms in total. The Morgan fingerprint density at radius 3 is 1.57 bits per heavy atom. The van der Waals surface area contributed by atoms with Gasteiger partial charge >= 0.3 is 0 Å². The van der Waals surface area contributed by atoms with E-state index in [1.165, 1.54) is 47.4 Å². The standard InChI is InChI=1S/C69H41N5OS/c1-2-18-48(19-3-1)73-60-28-10-6-23-52(60)56-39-43(32-35-61(56)73)44-33-36-64-57(40-44)66-55(25-14-30-65(66)76-64)69-71-67(46-16-12-15-42(37-46)45-31-34-54-53-24-7-11-29-62(53)75-63(54)41-45)70-68(72-69)47-17-13-20-49(38-47)74-58-26-8-4-21-50(58)51-22-5-9-27-59(51)74/h1-41H. The Kier molecular flexibility index (Phi) is 9.40. The van der Waals surface area contributed by atoms with Crippen LogP contribution in [0.1, 0.15) is 0 Å². The summed E-state index contributed by atoms with van der Waals surface area (Å²) in [4.78, 5) is 16.2. The van der Waals surface area contributed by atoms with E-state index in [-0.39, 0.29) is 0 Å². The minimum absolute atomic E-state index is 0.592. The first-order valence-electron chi connectivity index (χ1n) is 25.6. The van der Waals surface area contributed by atoms with E-state index in [1.54, 1.807) is 11.3 Å². The van der Waals surface area contributed by atoms with Crippen LogP contribution in [-0.2, 0) is 0 Å². The van der Waals surface area contributed by atoms with Crippen LogP contribution in [-0.4, -0.2) is 24.1 Å². The fourth-order valence-electron chi connectivity index (χ4n) is 11.7. The topological polar surface area (TPSA) is 61.7 Å². The Bertz CT molecular complexity index is 4970. The van der Waals surface area contributed by atoms with Gasteiger partial charge in [0.2, 0.25) is 0 Å². The fourth-order valence-corrected chi connectivity index (χ4v) is 12.8. The number of benzene rings is 11. The molecule has 5 aromatic heterocycles. The number of aromatic nitrogens is 5. The lowest BCUT2D eigenvalue weighted by molar-refractivity contribution is 0.669. The van der Waals surface area contributed by atoms with E-state index in [2.05, 4.69) is 246 Å². The molecule has 16 rings (SSSR count). The van der Waals surface area contributed by atoms with Crippen molar-refractivity contribution in [2.45, 2.75) is 0 Å². The van der Waals surface area contributed by atoms with Gasteiger partial charge in [-0.05, 0) is 119 Å². The third kappa shape index (κ3) is 6.69. The number of rotatable bonds is 7. The molecule has 0 radical (unpaired) electrons. The maximum Gasteiger partial charge on any atom is 0.164 e. The summed E-state index contributed by atoms with van der Waals surface area (Å²) in [6.07, 6.45) is 0. The second-order valence-corrected chi connectivity index (χ2v) is 20.6. The van der Waals surface area contributed by atoms with Gasteiger partial charge in [-0.3, -0.25) is 0 Å². The SMILES string of the molecule is c1ccc(-n2c3ccccc3c3cc(-c4ccc5sc6cccc(-c7nc(-c8cccc(-c9ccc%10c(c9)oc9ccccc9%10)c8)nc(-c8cccc(-n9c%10ccccc%10c%10ccccc%109)c8)n7)c6c5c4)ccc32)cc1. The monoisotopic (exact) mass is 987 g/mol. The van der Waals surface area contributed by atoms with Gasteiger partial charge in [-0.15, -0.1) is 11.3 Å². The number of furan rings is 1. The van der Waals surface area contributed by atoms with Crippen LogP contribution in [0.2, 0.25) is 0 Å². The highest BCUT2D eigenvalue weighted by Crippen LogP contribution is 2.43. The highest BCUT2D eigenvalue weighted by Gasteiger charge is 2.21. The summed E-state index contributed by atoms with van der Waals surface area (Å²) in [6.45, 7) is 0. The largest absolute Gasteiger partial charge is 0.456 e. The Hall–Kier alpha value is -9.95. The highest BCUT2D eigenvalue weighted by atomic mass is 32.1. The fraction of sp³-hybridized carbons (Fsp3) is 0. The molecular formula is C69H41N5OS. The Morgan fingerprint density at radius 1 is 0.289 bits per heavy atom. The smallest absolute Gasteiger partial charge is 0.164 e. The van der Waals surface area contributed by atoms with Crippen molar-refractivity contribution in [3.63, 3.8) is 0 Å². The average molecular weight is 988 g/mol. The number of nitrogens with zero attached hydrogens (tertiary/aromatic N) is 5. The van der Waals surface area contributed by atoms with Crippen LogP contribution >= 0.6 is 11.3 Å². The normalized spacial score (nSPS) is 11.9. The zero-order valence-corrected chi connectivity index (χ0v) is 41.5. The summed E-state index contributed by atoms with van der Waals surface area (Å²) in [5, 5.41) is 9.37. The van der Waals surface area contributed by atoms with Crippen molar-refractivity contribution in [1.29, 1.82) is 0 Å². The van der Waals surface area contributed by atoms with Gasteiger partial charge < -0.3 is 13.6 Å². The molecule has 0 aliphatic rings. The van der Waals surface area contributed by atoms with Crippen LogP contribution < -0.4 is 0 Å². The molecule has 7 heteroatoms. The molecule has 0 fully saturated rings. The number of fused-ring (bicyclic) bond motifs is 12. The van der Waals surface area contributed by atoms with Crippen molar-refractivity contribution in [1.82, 2.24) is 24.1 Å². The van der Waals surface area contributed by atoms with Gasteiger partial charge in [0.25, 0.3) is 0 Å². The quantitative estimate of drug-likeness (QED) is 0.160. The Balaban J connectivity index is 0.871. The molecule has 0 aliphatic carbocycles. The Labute approximate surface area is 439 Å². The molecule has 0 amide bonds. The van der Waals surface area contributed by atoms with Crippen LogP contribution in [0.15, 0.2) is 253 Å². The number of thiophene rings is 1. The van der Waals surface area contributed by atoms with Crippen molar-refractivity contribution in [2.75, 3.05) is 0 Å². The number of hydrogen-bond donors (Lipinski definition) is 0. The first-order valence-corrected chi connectivity index (χ1v) is 26.4. The molecule has 0 bridgehead atoms. The van der Waals surface area contributed by atoms with Crippen LogP contribution in [0.4, 0.5) is 0 Å². The van der Waals surface area contributed by atoms with E-state index in [4.69, 9.17) is 19.4 Å². The maximum absolute atomic E-state index is 6.35. The summed E-state index contributed by atoms with van der Waals surface area (Å²) in [7, 11) is 0. The zero-order valence-electron chi connectivity index (χ0n) is 40.7. The third-order valence-corrected chi connectivity index (χ3v) is 16.3. The molecule has 5 heterocycles. The molecule has 0 spiro atoms. The van der Waals surface area contributed by atoms with E-state index in [0.29, 0.717) is 17.5 Å². The van der Waals surface area contributed by atoms with E-state index in [9.17, 15) is 0 Å². The first-order chi connectivity index (χ1) is 37.6. The van der Waals surface area contributed by atoms with Crippen LogP contribution in [0.5, 0.6) is 0 Å². The lowest BCUT2D eigenvalue weighted by Gasteiger charge is -2.12. The predicted molar refractivity (Wildman–Crippen MR) is 316 cm³/mol. The summed E-state index contributed by atoms with van der Waals surface area (Å²) in [6, 6.07) is 88.6. The lowest BCUT2D eigenvalue weighted by Crippen LogP contribution is -2.01. The number of hydrogen-bond acceptors (Lipinski definition) is 5. The third-order valence-electron chi connectivity index (χ3n) is 15.2. The molecule has 0 unspecified atom stereocenters. The van der Waals surface area contributed by atoms with Crippen LogP contribution in [0.3, 0.4) is 0 Å². The molecular weight excluding hydrogens is 947 g/mol. The summed E-state index contributed by atoms with van der Waals surface area (Å²) in [5.41, 5.74) is 15.7. The van der Waals surface area contributed by atoms with Crippen molar-refractivity contribution >= 4 is 97.1 Å². The Morgan fingerprint density at radius 2 is 0.803 bits per heavy atom. The van der Waals surface area contributed by atoms with Gasteiger partial charge in [-0.25, -0.2) is 15.0 Å². The second-order valence-electron chi connectivity index (χ2n) is 19.5. The molecule has 354 valence electrons. The lowest BCUT2D eigenvalue weighted by atomic mass is 9.99. The maximum atomic E-state index is 6.35. The van der Waals surface area contributed by atoms with Gasteiger partial charge in [-0.2, -0.15) is 0 Å². The summed E-state index contributed by atoms with van der Waals surface area (Å²) < 4.78 is 13.4. The highest BCUT2D eigenvalue weighted by molar-refractivity contribution is 7.26. The van der Waals surface area contributed by atoms with Gasteiger partial charge in [0, 0.05) is 80.6 Å². The molecule has 0 saturated heterocycles. The van der Waals surface area contributed by atoms with E-state index in [1.807, 2.05) is 12.1 Å². The van der Waals surface area contributed by atoms with Crippen molar-refractivity contribution < 1.29 is 4.42 Å². The van der Waals surface area contributed by atoms with Gasteiger partial charge in [0.05, 0.1) is 22.1 Å². The van der Waals surface area contributed by atoms with Crippen molar-refractivity contribution in [3.8, 4) is 67.8 Å². The molecule has 0 atom stereocenters. The van der Waals surface area contributed by atoms with Gasteiger partial charge in [0.1, 0.15) is 11.2 Å².